The maximum Gasteiger partial charge on any atom is 0.264 e. The average Bonchev–Trinajstić information content (AvgIpc) is 3.30. The highest BCUT2D eigenvalue weighted by molar-refractivity contribution is 7.92. The summed E-state index contributed by atoms with van der Waals surface area (Å²) in [6.45, 7) is 2.07. The molecule has 0 aliphatic carbocycles. The number of benzene rings is 3. The molecule has 1 N–H and O–H groups in total. The van der Waals surface area contributed by atoms with Crippen LogP contribution in [0.5, 0.6) is 17.2 Å². The van der Waals surface area contributed by atoms with E-state index in [1.807, 2.05) is 6.92 Å². The maximum atomic E-state index is 13.5. The van der Waals surface area contributed by atoms with Gasteiger partial charge in [-0.05, 0) is 73.2 Å². The zero-order valence-electron chi connectivity index (χ0n) is 18.4. The number of hydrogen-bond acceptors (Lipinski definition) is 6. The zero-order valence-corrected chi connectivity index (χ0v) is 19.2. The van der Waals surface area contributed by atoms with Gasteiger partial charge in [-0.1, -0.05) is 6.07 Å². The number of amides is 1. The van der Waals surface area contributed by atoms with Gasteiger partial charge in [-0.3, -0.25) is 9.10 Å². The molecule has 1 heterocycles. The van der Waals surface area contributed by atoms with Crippen LogP contribution >= 0.6 is 0 Å². The van der Waals surface area contributed by atoms with Gasteiger partial charge in [0.2, 0.25) is 12.7 Å². The van der Waals surface area contributed by atoms with Crippen LogP contribution in [0.25, 0.3) is 0 Å². The molecule has 0 bridgehead atoms. The average molecular weight is 487 g/mol. The summed E-state index contributed by atoms with van der Waals surface area (Å²) in [5.74, 6) is 0.680. The van der Waals surface area contributed by atoms with Crippen LogP contribution in [0.4, 0.5) is 10.1 Å². The van der Waals surface area contributed by atoms with E-state index in [-0.39, 0.29) is 23.9 Å². The van der Waals surface area contributed by atoms with E-state index >= 15 is 0 Å². The monoisotopic (exact) mass is 486 g/mol. The molecule has 34 heavy (non-hydrogen) atoms. The Morgan fingerprint density at radius 1 is 1.03 bits per heavy atom. The topological polar surface area (TPSA) is 94.2 Å². The van der Waals surface area contributed by atoms with Crippen LogP contribution in [-0.4, -0.2) is 34.3 Å². The van der Waals surface area contributed by atoms with Gasteiger partial charge in [0.15, 0.2) is 11.5 Å². The van der Waals surface area contributed by atoms with Crippen molar-refractivity contribution in [3.63, 3.8) is 0 Å². The molecule has 0 spiro atoms. The fourth-order valence-electron chi connectivity index (χ4n) is 3.36. The summed E-state index contributed by atoms with van der Waals surface area (Å²) in [4.78, 5) is 12.7. The minimum absolute atomic E-state index is 0.0242. The van der Waals surface area contributed by atoms with E-state index in [9.17, 15) is 17.6 Å². The Balaban J connectivity index is 1.53. The zero-order chi connectivity index (χ0) is 24.1. The Bertz CT molecular complexity index is 1260. The van der Waals surface area contributed by atoms with Crippen molar-refractivity contribution in [1.82, 2.24) is 5.32 Å². The highest BCUT2D eigenvalue weighted by Gasteiger charge is 2.27. The molecule has 0 radical (unpaired) electrons. The van der Waals surface area contributed by atoms with E-state index in [1.165, 1.54) is 24.3 Å². The molecule has 8 nitrogen and oxygen atoms in total. The van der Waals surface area contributed by atoms with Crippen molar-refractivity contribution < 1.29 is 31.8 Å². The van der Waals surface area contributed by atoms with E-state index in [4.69, 9.17) is 14.2 Å². The summed E-state index contributed by atoms with van der Waals surface area (Å²) in [5, 5.41) is 2.72. The third kappa shape index (κ3) is 5.23. The lowest BCUT2D eigenvalue weighted by molar-refractivity contribution is -0.119. The summed E-state index contributed by atoms with van der Waals surface area (Å²) in [7, 11) is -4.13. The summed E-state index contributed by atoms with van der Waals surface area (Å²) < 4.78 is 57.2. The molecule has 3 aromatic carbocycles. The van der Waals surface area contributed by atoms with Crippen LogP contribution in [0.3, 0.4) is 0 Å². The van der Waals surface area contributed by atoms with Crippen molar-refractivity contribution in [3.8, 4) is 17.2 Å². The number of anilines is 1. The molecular formula is C24H23FN2O6S. The second-order valence-corrected chi connectivity index (χ2v) is 9.22. The lowest BCUT2D eigenvalue weighted by Gasteiger charge is -2.24. The second-order valence-electron chi connectivity index (χ2n) is 7.36. The molecule has 10 heteroatoms. The maximum absolute atomic E-state index is 13.5. The first kappa shape index (κ1) is 23.4. The first-order valence-electron chi connectivity index (χ1n) is 10.5. The van der Waals surface area contributed by atoms with Gasteiger partial charge in [-0.15, -0.1) is 0 Å². The van der Waals surface area contributed by atoms with Gasteiger partial charge >= 0.3 is 0 Å². The molecular weight excluding hydrogens is 463 g/mol. The van der Waals surface area contributed by atoms with Crippen LogP contribution in [0.15, 0.2) is 71.6 Å². The van der Waals surface area contributed by atoms with Crippen molar-refractivity contribution in [2.24, 2.45) is 0 Å². The number of carbonyl (C=O) groups excluding carboxylic acids is 1. The molecule has 1 aliphatic heterocycles. The standard InChI is InChI=1S/C24H23FN2O6S/c1-2-31-20-8-10-21(11-9-20)34(29,30)27(19-6-4-18(25)5-7-19)15-24(28)26-14-17-3-12-22-23(13-17)33-16-32-22/h3-13H,2,14-16H2,1H3,(H,26,28). The Kier molecular flexibility index (Phi) is 6.87. The molecule has 3 aromatic rings. The first-order chi connectivity index (χ1) is 16.4. The van der Waals surface area contributed by atoms with E-state index in [1.54, 1.807) is 30.3 Å². The lowest BCUT2D eigenvalue weighted by Crippen LogP contribution is -2.40. The Morgan fingerprint density at radius 2 is 1.74 bits per heavy atom. The largest absolute Gasteiger partial charge is 0.494 e. The third-order valence-electron chi connectivity index (χ3n) is 5.05. The van der Waals surface area contributed by atoms with Gasteiger partial charge in [0.05, 0.1) is 17.2 Å². The molecule has 1 amide bonds. The smallest absolute Gasteiger partial charge is 0.264 e. The highest BCUT2D eigenvalue weighted by atomic mass is 32.2. The molecule has 0 atom stereocenters. The van der Waals surface area contributed by atoms with Gasteiger partial charge in [0.25, 0.3) is 10.0 Å². The molecule has 178 valence electrons. The molecule has 0 saturated heterocycles. The van der Waals surface area contributed by atoms with Crippen LogP contribution in [0.1, 0.15) is 12.5 Å². The van der Waals surface area contributed by atoms with E-state index in [2.05, 4.69) is 5.32 Å². The van der Waals surface area contributed by atoms with E-state index in [0.717, 1.165) is 22.0 Å². The number of rotatable bonds is 9. The van der Waals surface area contributed by atoms with Crippen molar-refractivity contribution in [2.45, 2.75) is 18.4 Å². The summed E-state index contributed by atoms with van der Waals surface area (Å²) in [5.41, 5.74) is 0.925. The number of sulfonamides is 1. The Labute approximate surface area is 196 Å². The molecule has 0 aromatic heterocycles. The summed E-state index contributed by atoms with van der Waals surface area (Å²) in [6, 6.07) is 16.1. The fraction of sp³-hybridized carbons (Fsp3) is 0.208. The SMILES string of the molecule is CCOc1ccc(S(=O)(=O)N(CC(=O)NCc2ccc3c(c2)OCO3)c2ccc(F)cc2)cc1. The minimum atomic E-state index is -4.13. The highest BCUT2D eigenvalue weighted by Crippen LogP contribution is 2.32. The number of nitrogens with zero attached hydrogens (tertiary/aromatic N) is 1. The normalized spacial score (nSPS) is 12.3. The van der Waals surface area contributed by atoms with Gasteiger partial charge in [0, 0.05) is 6.54 Å². The van der Waals surface area contributed by atoms with Crippen molar-refractivity contribution in [1.29, 1.82) is 0 Å². The first-order valence-corrected chi connectivity index (χ1v) is 12.0. The van der Waals surface area contributed by atoms with Crippen molar-refractivity contribution in [2.75, 3.05) is 24.2 Å². The quantitative estimate of drug-likeness (QED) is 0.498. The second kappa shape index (κ2) is 10.0. The van der Waals surface area contributed by atoms with E-state index in [0.29, 0.717) is 23.9 Å². The third-order valence-corrected chi connectivity index (χ3v) is 6.84. The van der Waals surface area contributed by atoms with Gasteiger partial charge in [-0.25, -0.2) is 12.8 Å². The van der Waals surface area contributed by atoms with Crippen LogP contribution in [0.2, 0.25) is 0 Å². The number of fused-ring (bicyclic) bond motifs is 1. The van der Waals surface area contributed by atoms with Gasteiger partial charge < -0.3 is 19.5 Å². The predicted octanol–water partition coefficient (Wildman–Crippen LogP) is 3.46. The molecule has 0 unspecified atom stereocenters. The Morgan fingerprint density at radius 3 is 2.44 bits per heavy atom. The molecule has 0 saturated carbocycles. The molecule has 4 rings (SSSR count). The number of ether oxygens (including phenoxy) is 3. The molecule has 0 fully saturated rings. The van der Waals surface area contributed by atoms with Crippen molar-refractivity contribution in [3.05, 3.63) is 78.1 Å². The number of halogens is 1. The predicted molar refractivity (Wildman–Crippen MR) is 123 cm³/mol. The van der Waals surface area contributed by atoms with Crippen LogP contribution in [-0.2, 0) is 21.4 Å². The number of hydrogen-bond donors (Lipinski definition) is 1. The summed E-state index contributed by atoms with van der Waals surface area (Å²) in [6.07, 6.45) is 0. The van der Waals surface area contributed by atoms with Gasteiger partial charge in [-0.2, -0.15) is 0 Å². The molecule has 1 aliphatic rings. The van der Waals surface area contributed by atoms with Crippen LogP contribution in [0, 0.1) is 5.82 Å². The summed E-state index contributed by atoms with van der Waals surface area (Å²) >= 11 is 0. The lowest BCUT2D eigenvalue weighted by atomic mass is 10.2. The van der Waals surface area contributed by atoms with Crippen molar-refractivity contribution >= 4 is 21.6 Å². The van der Waals surface area contributed by atoms with Crippen LogP contribution < -0.4 is 23.8 Å². The Hall–Kier alpha value is -3.79. The minimum Gasteiger partial charge on any atom is -0.494 e. The number of carbonyl (C=O) groups is 1. The fourth-order valence-corrected chi connectivity index (χ4v) is 4.78. The van der Waals surface area contributed by atoms with Gasteiger partial charge in [0.1, 0.15) is 18.1 Å². The number of nitrogens with one attached hydrogen (secondary N) is 1. The van der Waals surface area contributed by atoms with E-state index < -0.39 is 28.3 Å².